The van der Waals surface area contributed by atoms with Crippen LogP contribution in [0, 0.1) is 10.1 Å². The molecule has 0 aromatic carbocycles. The normalized spacial score (nSPS) is 9.40. The number of rotatable bonds is 0. The van der Waals surface area contributed by atoms with Gasteiger partial charge < -0.3 is 21.3 Å². The first-order valence-corrected chi connectivity index (χ1v) is 5.01. The van der Waals surface area contributed by atoms with Crippen molar-refractivity contribution < 1.29 is 99.9 Å². The second kappa shape index (κ2) is 11.3. The molecule has 0 aliphatic carbocycles. The summed E-state index contributed by atoms with van der Waals surface area (Å²) in [6, 6.07) is 0. The Hall–Kier alpha value is 0.816. The Morgan fingerprint density at radius 2 is 1.20 bits per heavy atom. The summed E-state index contributed by atoms with van der Waals surface area (Å²) in [5.74, 6) is 0. The van der Waals surface area contributed by atoms with Crippen molar-refractivity contribution in [2.75, 3.05) is 0 Å². The molecule has 0 heterocycles. The van der Waals surface area contributed by atoms with Crippen LogP contribution in [0.15, 0.2) is 0 Å². The maximum Gasteiger partial charge on any atom is 1.00 e. The number of phosphoric acid groups is 1. The average Bonchev–Trinajstić information content (AvgIpc) is 1.45. The van der Waals surface area contributed by atoms with E-state index >= 15 is 0 Å². The first-order valence-electron chi connectivity index (χ1n) is 2.05. The van der Waals surface area contributed by atoms with Crippen molar-refractivity contribution in [1.82, 2.24) is 0 Å². The van der Waals surface area contributed by atoms with Crippen LogP contribution < -0.4 is 51.4 Å². The molecule has 15 heteroatoms. The fourth-order valence-electron chi connectivity index (χ4n) is 0. The van der Waals surface area contributed by atoms with Gasteiger partial charge in [-0.2, -0.15) is 8.42 Å². The SMILES string of the molecule is O=P(O)(O)O.O=S(=O)(O)O.O=[N+]([O-])O.[H-].[K+]. The van der Waals surface area contributed by atoms with Gasteiger partial charge in [0, 0.05) is 0 Å². The van der Waals surface area contributed by atoms with Crippen LogP contribution in [0.5, 0.6) is 0 Å². The van der Waals surface area contributed by atoms with Crippen LogP contribution in [-0.4, -0.2) is 42.5 Å². The summed E-state index contributed by atoms with van der Waals surface area (Å²) in [4.78, 5) is 29.9. The maximum absolute atomic E-state index is 8.88. The predicted octanol–water partition coefficient (Wildman–Crippen LogP) is -4.81. The van der Waals surface area contributed by atoms with Crippen LogP contribution in [0.25, 0.3) is 0 Å². The number of hydrogen-bond donors (Lipinski definition) is 6. The van der Waals surface area contributed by atoms with Crippen LogP contribution >= 0.6 is 7.82 Å². The number of nitrogens with zero attached hydrogens (tertiary/aromatic N) is 1. The van der Waals surface area contributed by atoms with Crippen LogP contribution in [0.1, 0.15) is 1.43 Å². The molecular formula is H7KNO11PS. The summed E-state index contributed by atoms with van der Waals surface area (Å²) < 4.78 is 40.5. The van der Waals surface area contributed by atoms with Gasteiger partial charge in [-0.05, 0) is 0 Å². The maximum atomic E-state index is 8.88. The van der Waals surface area contributed by atoms with Crippen LogP contribution in [-0.2, 0) is 15.0 Å². The summed E-state index contributed by atoms with van der Waals surface area (Å²) in [6.45, 7) is 0. The molecule has 6 N–H and O–H groups in total. The van der Waals surface area contributed by atoms with Gasteiger partial charge in [0.1, 0.15) is 0 Å². The zero-order valence-electron chi connectivity index (χ0n) is 8.03. The molecule has 0 aliphatic heterocycles. The molecule has 0 fully saturated rings. The Morgan fingerprint density at radius 3 is 1.20 bits per heavy atom. The van der Waals surface area contributed by atoms with E-state index in [1.807, 2.05) is 0 Å². The van der Waals surface area contributed by atoms with Gasteiger partial charge in [0.05, 0.1) is 0 Å². The van der Waals surface area contributed by atoms with Crippen molar-refractivity contribution in [3.05, 3.63) is 10.1 Å². The monoisotopic (exact) mass is 299 g/mol. The Labute approximate surface area is 127 Å². The van der Waals surface area contributed by atoms with E-state index in [9.17, 15) is 0 Å². The molecule has 0 aromatic rings. The van der Waals surface area contributed by atoms with Crippen molar-refractivity contribution >= 4 is 18.2 Å². The molecule has 0 saturated carbocycles. The smallest absolute Gasteiger partial charge is 1.00 e. The minimum Gasteiger partial charge on any atom is -1.00 e. The molecule has 0 aliphatic rings. The number of hydrogen-bond acceptors (Lipinski definition) is 5. The van der Waals surface area contributed by atoms with Crippen molar-refractivity contribution in [2.45, 2.75) is 0 Å². The molecule has 0 rings (SSSR count). The third-order valence-corrected chi connectivity index (χ3v) is 0. The summed E-state index contributed by atoms with van der Waals surface area (Å²) in [5, 5.41) is 13.6. The largest absolute Gasteiger partial charge is 1.00 e. The summed E-state index contributed by atoms with van der Waals surface area (Å²) in [7, 11) is -9.31. The second-order valence-corrected chi connectivity index (χ2v) is 3.12. The van der Waals surface area contributed by atoms with Crippen molar-refractivity contribution in [1.29, 1.82) is 0 Å². The third kappa shape index (κ3) is 3650. The molecule has 90 valence electrons. The molecule has 0 amide bonds. The quantitative estimate of drug-likeness (QED) is 0.0819. The molecule has 15 heavy (non-hydrogen) atoms. The first kappa shape index (κ1) is 24.9. The third-order valence-electron chi connectivity index (χ3n) is 0. The summed E-state index contributed by atoms with van der Waals surface area (Å²) >= 11 is 0. The van der Waals surface area contributed by atoms with E-state index in [1.165, 1.54) is 0 Å². The van der Waals surface area contributed by atoms with E-state index in [-0.39, 0.29) is 52.8 Å². The fourth-order valence-corrected chi connectivity index (χ4v) is 0. The zero-order valence-corrected chi connectivity index (χ0v) is 11.9. The Morgan fingerprint density at radius 1 is 1.20 bits per heavy atom. The topological polar surface area (TPSA) is 216 Å². The minimum atomic E-state index is -4.67. The Balaban J connectivity index is -0.0000000358. The van der Waals surface area contributed by atoms with Crippen molar-refractivity contribution in [2.24, 2.45) is 0 Å². The zero-order chi connectivity index (χ0) is 12.6. The van der Waals surface area contributed by atoms with E-state index in [2.05, 4.69) is 0 Å². The van der Waals surface area contributed by atoms with Gasteiger partial charge in [0.2, 0.25) is 0 Å². The van der Waals surface area contributed by atoms with Crippen LogP contribution in [0.3, 0.4) is 0 Å². The van der Waals surface area contributed by atoms with Gasteiger partial charge in [-0.25, -0.2) is 4.57 Å². The summed E-state index contributed by atoms with van der Waals surface area (Å²) in [5.41, 5.74) is 0. The van der Waals surface area contributed by atoms with Gasteiger partial charge in [-0.15, -0.1) is 10.1 Å². The molecular weight excluding hydrogens is 292 g/mol. The first-order chi connectivity index (χ1) is 5.73. The Bertz CT molecular complexity index is 271. The molecule has 0 spiro atoms. The van der Waals surface area contributed by atoms with Gasteiger partial charge in [-0.3, -0.25) is 9.11 Å². The standard InChI is InChI=1S/K.HNO3.H3O4P.H2O4S.H/c;2-1(3)4;2*1-5(2,3)4;/h;(H,2,3,4);(H3,1,2,3,4);(H2,1,2,3,4);/q+1;;;;-1. The van der Waals surface area contributed by atoms with Gasteiger partial charge in [0.25, 0.3) is 5.09 Å². The molecule has 0 bridgehead atoms. The Kier molecular flexibility index (Phi) is 18.7. The van der Waals surface area contributed by atoms with Crippen molar-refractivity contribution in [3.63, 3.8) is 0 Å². The summed E-state index contributed by atoms with van der Waals surface area (Å²) in [6.07, 6.45) is 0. The van der Waals surface area contributed by atoms with Crippen LogP contribution in [0.2, 0.25) is 0 Å². The molecule has 0 saturated heterocycles. The molecule has 0 aromatic heterocycles. The molecule has 0 atom stereocenters. The molecule has 12 nitrogen and oxygen atoms in total. The molecule has 0 radical (unpaired) electrons. The minimum absolute atomic E-state index is 0. The van der Waals surface area contributed by atoms with Gasteiger partial charge in [0.15, 0.2) is 0 Å². The van der Waals surface area contributed by atoms with Gasteiger partial charge in [-0.1, -0.05) is 0 Å². The van der Waals surface area contributed by atoms with E-state index in [0.29, 0.717) is 0 Å². The van der Waals surface area contributed by atoms with E-state index < -0.39 is 23.3 Å². The van der Waals surface area contributed by atoms with E-state index in [4.69, 9.17) is 52.1 Å². The molecule has 0 unspecified atom stereocenters. The fraction of sp³-hybridized carbons (Fsp3) is 0. The van der Waals surface area contributed by atoms with Crippen LogP contribution in [0.4, 0.5) is 0 Å². The van der Waals surface area contributed by atoms with Gasteiger partial charge >= 0.3 is 69.6 Å². The van der Waals surface area contributed by atoms with E-state index in [1.54, 1.807) is 0 Å². The average molecular weight is 299 g/mol. The second-order valence-electron chi connectivity index (χ2n) is 1.20. The predicted molar refractivity (Wildman–Crippen MR) is 38.3 cm³/mol. The van der Waals surface area contributed by atoms with Crippen molar-refractivity contribution in [3.8, 4) is 0 Å². The van der Waals surface area contributed by atoms with E-state index in [0.717, 1.165) is 0 Å².